The van der Waals surface area contributed by atoms with Crippen LogP contribution in [0.5, 0.6) is 0 Å². The number of piperidine rings is 1. The number of likely N-dealkylation sites (tertiary alicyclic amines) is 1. The first kappa shape index (κ1) is 16.3. The smallest absolute Gasteiger partial charge is 0.254 e. The number of nitrogens with zero attached hydrogens (tertiary/aromatic N) is 3. The quantitative estimate of drug-likeness (QED) is 0.711. The molecule has 1 saturated carbocycles. The monoisotopic (exact) mass is 456 g/mol. The summed E-state index contributed by atoms with van der Waals surface area (Å²) < 4.78 is 0.900. The van der Waals surface area contributed by atoms with E-state index in [2.05, 4.69) is 37.8 Å². The molecule has 0 unspecified atom stereocenters. The molecule has 2 aliphatic rings. The number of aromatic amines is 1. The van der Waals surface area contributed by atoms with Gasteiger partial charge in [-0.2, -0.15) is 5.10 Å². The molecular formula is C17H18ClIN4O. The maximum absolute atomic E-state index is 12.7. The minimum atomic E-state index is 0.0887. The fourth-order valence-corrected chi connectivity index (χ4v) is 4.29. The third-order valence-corrected chi connectivity index (χ3v) is 5.92. The molecule has 7 heteroatoms. The van der Waals surface area contributed by atoms with Crippen molar-refractivity contribution in [2.45, 2.75) is 37.5 Å². The highest BCUT2D eigenvalue weighted by atomic mass is 127. The Morgan fingerprint density at radius 1 is 1.21 bits per heavy atom. The van der Waals surface area contributed by atoms with Gasteiger partial charge in [0.25, 0.3) is 5.91 Å². The second-order valence-corrected chi connectivity index (χ2v) is 8.14. The Hall–Kier alpha value is -1.15. The van der Waals surface area contributed by atoms with Gasteiger partial charge in [-0.15, -0.1) is 0 Å². The Morgan fingerprint density at radius 3 is 2.62 bits per heavy atom. The lowest BCUT2D eigenvalue weighted by Crippen LogP contribution is -2.38. The van der Waals surface area contributed by atoms with Crippen LogP contribution in [0.4, 0.5) is 0 Å². The van der Waals surface area contributed by atoms with Crippen molar-refractivity contribution in [2.24, 2.45) is 0 Å². The lowest BCUT2D eigenvalue weighted by atomic mass is 9.95. The zero-order chi connectivity index (χ0) is 16.7. The largest absolute Gasteiger partial charge is 0.339 e. The van der Waals surface area contributed by atoms with Crippen LogP contribution in [0.3, 0.4) is 0 Å². The van der Waals surface area contributed by atoms with Crippen LogP contribution in [0.1, 0.15) is 59.5 Å². The van der Waals surface area contributed by atoms with Crippen molar-refractivity contribution in [3.05, 3.63) is 44.0 Å². The molecule has 0 atom stereocenters. The SMILES string of the molecule is O=C(c1ccc(Cl)cc1I)N1CCC(c2nc(C3CC3)n[nH]2)CC1. The molecule has 1 saturated heterocycles. The molecule has 126 valence electrons. The van der Waals surface area contributed by atoms with Crippen molar-refractivity contribution in [3.63, 3.8) is 0 Å². The highest BCUT2D eigenvalue weighted by Crippen LogP contribution is 2.38. The van der Waals surface area contributed by atoms with Crippen molar-refractivity contribution in [3.8, 4) is 0 Å². The average Bonchev–Trinajstić information content (AvgIpc) is 3.32. The Labute approximate surface area is 159 Å². The molecule has 1 aromatic carbocycles. The molecule has 2 heterocycles. The van der Waals surface area contributed by atoms with E-state index in [1.165, 1.54) is 12.8 Å². The molecule has 1 N–H and O–H groups in total. The zero-order valence-electron chi connectivity index (χ0n) is 13.1. The molecule has 1 amide bonds. The predicted octanol–water partition coefficient (Wildman–Crippen LogP) is 3.96. The fourth-order valence-electron chi connectivity index (χ4n) is 3.18. The summed E-state index contributed by atoms with van der Waals surface area (Å²) in [6, 6.07) is 5.42. The summed E-state index contributed by atoms with van der Waals surface area (Å²) in [5.41, 5.74) is 0.731. The van der Waals surface area contributed by atoms with Gasteiger partial charge in [0, 0.05) is 33.5 Å². The molecule has 2 fully saturated rings. The minimum absolute atomic E-state index is 0.0887. The molecule has 0 spiro atoms. The van der Waals surface area contributed by atoms with Gasteiger partial charge in [0.05, 0.1) is 5.56 Å². The van der Waals surface area contributed by atoms with Gasteiger partial charge in [0.2, 0.25) is 0 Å². The van der Waals surface area contributed by atoms with Crippen LogP contribution in [0.15, 0.2) is 18.2 Å². The number of halogens is 2. The molecule has 1 aliphatic carbocycles. The second kappa shape index (κ2) is 6.63. The van der Waals surface area contributed by atoms with E-state index in [-0.39, 0.29) is 5.91 Å². The van der Waals surface area contributed by atoms with Crippen LogP contribution >= 0.6 is 34.2 Å². The van der Waals surface area contributed by atoms with Crippen LogP contribution in [0, 0.1) is 3.57 Å². The highest BCUT2D eigenvalue weighted by molar-refractivity contribution is 14.1. The standard InChI is InChI=1S/C17H18ClIN4O/c18-12-3-4-13(14(19)9-12)17(24)23-7-5-11(6-8-23)16-20-15(21-22-16)10-1-2-10/h3-4,9-11H,1-2,5-8H2,(H,20,21,22). The second-order valence-electron chi connectivity index (χ2n) is 6.54. The minimum Gasteiger partial charge on any atom is -0.339 e. The lowest BCUT2D eigenvalue weighted by Gasteiger charge is -2.31. The van der Waals surface area contributed by atoms with E-state index in [1.807, 2.05) is 17.0 Å². The maximum atomic E-state index is 12.7. The third kappa shape index (κ3) is 3.31. The van der Waals surface area contributed by atoms with E-state index in [0.29, 0.717) is 16.9 Å². The summed E-state index contributed by atoms with van der Waals surface area (Å²) in [6.45, 7) is 1.50. The van der Waals surface area contributed by atoms with E-state index in [4.69, 9.17) is 11.6 Å². The van der Waals surface area contributed by atoms with Gasteiger partial charge in [0.1, 0.15) is 5.82 Å². The van der Waals surface area contributed by atoms with Gasteiger partial charge >= 0.3 is 0 Å². The number of nitrogens with one attached hydrogen (secondary N) is 1. The number of hydrogen-bond donors (Lipinski definition) is 1. The fraction of sp³-hybridized carbons (Fsp3) is 0.471. The first-order chi connectivity index (χ1) is 11.6. The van der Waals surface area contributed by atoms with Gasteiger partial charge < -0.3 is 4.90 Å². The van der Waals surface area contributed by atoms with Crippen molar-refractivity contribution < 1.29 is 4.79 Å². The first-order valence-electron chi connectivity index (χ1n) is 8.28. The number of carbonyl (C=O) groups is 1. The number of carbonyl (C=O) groups excluding carboxylic acids is 1. The molecule has 1 aromatic heterocycles. The molecule has 1 aliphatic heterocycles. The van der Waals surface area contributed by atoms with E-state index in [9.17, 15) is 4.79 Å². The van der Waals surface area contributed by atoms with Crippen LogP contribution < -0.4 is 0 Å². The Bertz CT molecular complexity index is 766. The average molecular weight is 457 g/mol. The topological polar surface area (TPSA) is 61.9 Å². The summed E-state index contributed by atoms with van der Waals surface area (Å²) in [5, 5.41) is 8.11. The number of rotatable bonds is 3. The lowest BCUT2D eigenvalue weighted by molar-refractivity contribution is 0.0710. The number of H-pyrrole nitrogens is 1. The third-order valence-electron chi connectivity index (χ3n) is 4.79. The molecule has 5 nitrogen and oxygen atoms in total. The number of aromatic nitrogens is 3. The van der Waals surface area contributed by atoms with Crippen LogP contribution in [0.2, 0.25) is 5.02 Å². The van der Waals surface area contributed by atoms with Gasteiger partial charge in [-0.05, 0) is 66.5 Å². The van der Waals surface area contributed by atoms with E-state index in [1.54, 1.807) is 6.07 Å². The summed E-state index contributed by atoms with van der Waals surface area (Å²) >= 11 is 8.15. The first-order valence-corrected chi connectivity index (χ1v) is 9.74. The molecule has 4 rings (SSSR count). The van der Waals surface area contributed by atoms with Crippen molar-refractivity contribution in [1.82, 2.24) is 20.1 Å². The highest BCUT2D eigenvalue weighted by Gasteiger charge is 2.31. The van der Waals surface area contributed by atoms with Gasteiger partial charge in [0.15, 0.2) is 5.82 Å². The van der Waals surface area contributed by atoms with Crippen LogP contribution in [-0.4, -0.2) is 39.1 Å². The van der Waals surface area contributed by atoms with Gasteiger partial charge in [-0.3, -0.25) is 9.89 Å². The molecule has 0 radical (unpaired) electrons. The normalized spacial score (nSPS) is 18.8. The number of amides is 1. The number of hydrogen-bond acceptors (Lipinski definition) is 3. The summed E-state index contributed by atoms with van der Waals surface area (Å²) in [6.07, 6.45) is 4.28. The molecule has 0 bridgehead atoms. The molecule has 2 aromatic rings. The Kier molecular flexibility index (Phi) is 4.51. The van der Waals surface area contributed by atoms with Crippen molar-refractivity contribution >= 4 is 40.1 Å². The molecule has 24 heavy (non-hydrogen) atoms. The summed E-state index contributed by atoms with van der Waals surface area (Å²) in [4.78, 5) is 19.3. The van der Waals surface area contributed by atoms with Crippen LogP contribution in [0.25, 0.3) is 0 Å². The van der Waals surface area contributed by atoms with Gasteiger partial charge in [-0.25, -0.2) is 4.98 Å². The number of benzene rings is 1. The van der Waals surface area contributed by atoms with Crippen molar-refractivity contribution in [1.29, 1.82) is 0 Å². The summed E-state index contributed by atoms with van der Waals surface area (Å²) in [5.74, 6) is 3.00. The van der Waals surface area contributed by atoms with Gasteiger partial charge in [-0.1, -0.05) is 11.6 Å². The predicted molar refractivity (Wildman–Crippen MR) is 100 cm³/mol. The molecular weight excluding hydrogens is 439 g/mol. The van der Waals surface area contributed by atoms with E-state index in [0.717, 1.165) is 46.7 Å². The Morgan fingerprint density at radius 2 is 1.96 bits per heavy atom. The van der Waals surface area contributed by atoms with E-state index < -0.39 is 0 Å². The maximum Gasteiger partial charge on any atom is 0.254 e. The van der Waals surface area contributed by atoms with E-state index >= 15 is 0 Å². The van der Waals surface area contributed by atoms with Crippen LogP contribution in [-0.2, 0) is 0 Å². The summed E-state index contributed by atoms with van der Waals surface area (Å²) in [7, 11) is 0. The van der Waals surface area contributed by atoms with Crippen molar-refractivity contribution in [2.75, 3.05) is 13.1 Å². The Balaban J connectivity index is 1.40. The zero-order valence-corrected chi connectivity index (χ0v) is 16.0.